The topological polar surface area (TPSA) is 87.7 Å². The van der Waals surface area contributed by atoms with Crippen LogP contribution in [0, 0.1) is 0 Å². The first-order chi connectivity index (χ1) is 10.1. The Morgan fingerprint density at radius 3 is 2.90 bits per heavy atom. The summed E-state index contributed by atoms with van der Waals surface area (Å²) in [5.41, 5.74) is 1.38. The smallest absolute Gasteiger partial charge is 0.262 e. The molecule has 3 N–H and O–H groups in total. The molecular weight excluding hydrogens is 272 g/mol. The van der Waals surface area contributed by atoms with Gasteiger partial charge in [0.1, 0.15) is 11.5 Å². The minimum Gasteiger partial charge on any atom is -0.508 e. The summed E-state index contributed by atoms with van der Waals surface area (Å²) in [6, 6.07) is 11.0. The first-order valence-electron chi connectivity index (χ1n) is 6.29. The van der Waals surface area contributed by atoms with Crippen LogP contribution in [0.5, 0.6) is 11.5 Å². The number of amides is 2. The second kappa shape index (κ2) is 5.16. The van der Waals surface area contributed by atoms with Crippen molar-refractivity contribution in [3.8, 4) is 11.5 Å². The number of phenolic OH excluding ortho intramolecular Hbond substituents is 1. The second-order valence-corrected chi connectivity index (χ2v) is 4.55. The number of phenols is 1. The number of carbonyl (C=O) groups is 2. The van der Waals surface area contributed by atoms with Crippen LogP contribution in [0.4, 0.5) is 11.4 Å². The van der Waals surface area contributed by atoms with Gasteiger partial charge in [0.25, 0.3) is 11.8 Å². The average molecular weight is 284 g/mol. The molecule has 1 aliphatic heterocycles. The van der Waals surface area contributed by atoms with E-state index in [4.69, 9.17) is 4.74 Å². The van der Waals surface area contributed by atoms with Crippen LogP contribution in [0.1, 0.15) is 10.4 Å². The van der Waals surface area contributed by atoms with E-state index in [9.17, 15) is 14.7 Å². The number of anilines is 2. The van der Waals surface area contributed by atoms with Crippen LogP contribution in [0.3, 0.4) is 0 Å². The number of rotatable bonds is 2. The summed E-state index contributed by atoms with van der Waals surface area (Å²) in [6.45, 7) is -0.0119. The Kier molecular flexibility index (Phi) is 3.19. The molecule has 21 heavy (non-hydrogen) atoms. The summed E-state index contributed by atoms with van der Waals surface area (Å²) < 4.78 is 5.24. The van der Waals surface area contributed by atoms with Crippen LogP contribution < -0.4 is 15.4 Å². The summed E-state index contributed by atoms with van der Waals surface area (Å²) in [5.74, 6) is -0.00780. The highest BCUT2D eigenvalue weighted by molar-refractivity contribution is 6.05. The Morgan fingerprint density at radius 1 is 1.24 bits per heavy atom. The van der Waals surface area contributed by atoms with Gasteiger partial charge in [-0.25, -0.2) is 0 Å². The van der Waals surface area contributed by atoms with Gasteiger partial charge in [0, 0.05) is 11.3 Å². The van der Waals surface area contributed by atoms with Crippen LogP contribution in [0.2, 0.25) is 0 Å². The van der Waals surface area contributed by atoms with E-state index in [1.165, 1.54) is 12.1 Å². The Morgan fingerprint density at radius 2 is 2.10 bits per heavy atom. The van der Waals surface area contributed by atoms with E-state index in [-0.39, 0.29) is 24.2 Å². The Labute approximate surface area is 120 Å². The van der Waals surface area contributed by atoms with Gasteiger partial charge in [-0.1, -0.05) is 6.07 Å². The number of ether oxygens (including phenoxy) is 1. The Hall–Kier alpha value is -3.02. The van der Waals surface area contributed by atoms with Gasteiger partial charge in [-0.15, -0.1) is 0 Å². The van der Waals surface area contributed by atoms with Gasteiger partial charge in [0.05, 0.1) is 5.69 Å². The number of hydrogen-bond acceptors (Lipinski definition) is 4. The molecule has 1 aliphatic rings. The molecule has 6 heteroatoms. The maximum atomic E-state index is 12.1. The molecule has 2 aromatic rings. The fourth-order valence-corrected chi connectivity index (χ4v) is 2.01. The third-order valence-electron chi connectivity index (χ3n) is 2.98. The molecule has 0 aromatic heterocycles. The molecule has 0 atom stereocenters. The molecule has 106 valence electrons. The molecule has 0 spiro atoms. The number of benzene rings is 2. The summed E-state index contributed by atoms with van der Waals surface area (Å²) >= 11 is 0. The molecule has 0 bridgehead atoms. The summed E-state index contributed by atoms with van der Waals surface area (Å²) in [6.07, 6.45) is 0. The van der Waals surface area contributed by atoms with Crippen molar-refractivity contribution in [2.45, 2.75) is 0 Å². The minimum absolute atomic E-state index is 0.0119. The lowest BCUT2D eigenvalue weighted by atomic mass is 10.2. The normalized spacial score (nSPS) is 12.9. The van der Waals surface area contributed by atoms with Gasteiger partial charge >= 0.3 is 0 Å². The highest BCUT2D eigenvalue weighted by Crippen LogP contribution is 2.30. The first kappa shape index (κ1) is 13.0. The number of nitrogens with one attached hydrogen (secondary N) is 2. The average Bonchev–Trinajstić information content (AvgIpc) is 2.46. The summed E-state index contributed by atoms with van der Waals surface area (Å²) in [4.78, 5) is 23.3. The predicted octanol–water partition coefficient (Wildman–Crippen LogP) is 1.98. The van der Waals surface area contributed by atoms with Crippen molar-refractivity contribution in [2.75, 3.05) is 17.2 Å². The van der Waals surface area contributed by atoms with Crippen molar-refractivity contribution >= 4 is 23.2 Å². The molecule has 6 nitrogen and oxygen atoms in total. The number of carbonyl (C=O) groups excluding carboxylic acids is 2. The highest BCUT2D eigenvalue weighted by Gasteiger charge is 2.16. The van der Waals surface area contributed by atoms with Gasteiger partial charge in [-0.05, 0) is 36.4 Å². The van der Waals surface area contributed by atoms with E-state index >= 15 is 0 Å². The van der Waals surface area contributed by atoms with Crippen LogP contribution >= 0.6 is 0 Å². The zero-order valence-electron chi connectivity index (χ0n) is 10.9. The SMILES string of the molecule is O=C1COc2ccc(NC(=O)c3cccc(O)c3)cc2N1. The van der Waals surface area contributed by atoms with E-state index < -0.39 is 0 Å². The fourth-order valence-electron chi connectivity index (χ4n) is 2.01. The van der Waals surface area contributed by atoms with Gasteiger partial charge < -0.3 is 20.5 Å². The standard InChI is InChI=1S/C15H12N2O4/c18-11-3-1-2-9(6-11)15(20)16-10-4-5-13-12(7-10)17-14(19)8-21-13/h1-7,18H,8H2,(H,16,20)(H,17,19). The molecule has 0 radical (unpaired) electrons. The zero-order valence-corrected chi connectivity index (χ0v) is 10.9. The molecule has 0 aliphatic carbocycles. The molecule has 0 saturated heterocycles. The largest absolute Gasteiger partial charge is 0.508 e. The Bertz CT molecular complexity index is 727. The minimum atomic E-state index is -0.353. The lowest BCUT2D eigenvalue weighted by Gasteiger charge is -2.18. The van der Waals surface area contributed by atoms with Crippen LogP contribution in [-0.4, -0.2) is 23.5 Å². The molecule has 3 rings (SSSR count). The Balaban J connectivity index is 1.80. The molecule has 0 saturated carbocycles. The quantitative estimate of drug-likeness (QED) is 0.786. The molecular formula is C15H12N2O4. The lowest BCUT2D eigenvalue weighted by Crippen LogP contribution is -2.25. The van der Waals surface area contributed by atoms with Crippen LogP contribution in [0.15, 0.2) is 42.5 Å². The summed E-state index contributed by atoms with van der Waals surface area (Å²) in [7, 11) is 0. The van der Waals surface area contributed by atoms with E-state index in [1.807, 2.05) is 0 Å². The maximum absolute atomic E-state index is 12.1. The van der Waals surface area contributed by atoms with Crippen molar-refractivity contribution < 1.29 is 19.4 Å². The second-order valence-electron chi connectivity index (χ2n) is 4.55. The third-order valence-corrected chi connectivity index (χ3v) is 2.98. The molecule has 2 amide bonds. The third kappa shape index (κ3) is 2.79. The van der Waals surface area contributed by atoms with E-state index in [2.05, 4.69) is 10.6 Å². The van der Waals surface area contributed by atoms with Crippen molar-refractivity contribution in [3.63, 3.8) is 0 Å². The number of aromatic hydroxyl groups is 1. The molecule has 0 fully saturated rings. The zero-order chi connectivity index (χ0) is 14.8. The van der Waals surface area contributed by atoms with Crippen molar-refractivity contribution in [2.24, 2.45) is 0 Å². The number of hydrogen-bond donors (Lipinski definition) is 3. The number of fused-ring (bicyclic) bond motifs is 1. The highest BCUT2D eigenvalue weighted by atomic mass is 16.5. The van der Waals surface area contributed by atoms with Crippen molar-refractivity contribution in [1.82, 2.24) is 0 Å². The van der Waals surface area contributed by atoms with Crippen molar-refractivity contribution in [1.29, 1.82) is 0 Å². The predicted molar refractivity (Wildman–Crippen MR) is 76.6 cm³/mol. The van der Waals surface area contributed by atoms with Gasteiger partial charge in [-0.2, -0.15) is 0 Å². The molecule has 0 unspecified atom stereocenters. The maximum Gasteiger partial charge on any atom is 0.262 e. The monoisotopic (exact) mass is 284 g/mol. The lowest BCUT2D eigenvalue weighted by molar-refractivity contribution is -0.118. The van der Waals surface area contributed by atoms with Gasteiger partial charge in [0.15, 0.2) is 6.61 Å². The first-order valence-corrected chi connectivity index (χ1v) is 6.29. The van der Waals surface area contributed by atoms with E-state index in [1.54, 1.807) is 30.3 Å². The summed E-state index contributed by atoms with van der Waals surface area (Å²) in [5, 5.41) is 14.7. The van der Waals surface area contributed by atoms with E-state index in [0.29, 0.717) is 22.7 Å². The van der Waals surface area contributed by atoms with Crippen LogP contribution in [-0.2, 0) is 4.79 Å². The molecule has 1 heterocycles. The van der Waals surface area contributed by atoms with Crippen LogP contribution in [0.25, 0.3) is 0 Å². The van der Waals surface area contributed by atoms with Crippen molar-refractivity contribution in [3.05, 3.63) is 48.0 Å². The van der Waals surface area contributed by atoms with E-state index in [0.717, 1.165) is 0 Å². The van der Waals surface area contributed by atoms with Gasteiger partial charge in [0.2, 0.25) is 0 Å². The van der Waals surface area contributed by atoms with Gasteiger partial charge in [-0.3, -0.25) is 9.59 Å². The fraction of sp³-hybridized carbons (Fsp3) is 0.0667. The molecule has 2 aromatic carbocycles.